The molecule has 9 nitrogen and oxygen atoms in total. The summed E-state index contributed by atoms with van der Waals surface area (Å²) >= 11 is 4.72. The lowest BCUT2D eigenvalue weighted by molar-refractivity contribution is -0.139. The molecule has 0 fully saturated rings. The molecule has 4 rings (SSSR count). The number of benzene rings is 2. The normalized spacial score (nSPS) is 14.9. The maximum atomic E-state index is 14.0. The molecule has 0 bridgehead atoms. The summed E-state index contributed by atoms with van der Waals surface area (Å²) in [7, 11) is 4.66. The second kappa shape index (κ2) is 12.1. The topological polar surface area (TPSA) is 97.6 Å². The van der Waals surface area contributed by atoms with Gasteiger partial charge in [-0.05, 0) is 54.9 Å². The molecule has 0 N–H and O–H groups in total. The van der Waals surface area contributed by atoms with Crippen molar-refractivity contribution < 1.29 is 28.5 Å². The number of esters is 1. The minimum atomic E-state index is -0.844. The van der Waals surface area contributed by atoms with E-state index in [1.165, 1.54) is 15.9 Å². The van der Waals surface area contributed by atoms with Gasteiger partial charge in [0.05, 0.1) is 54.8 Å². The number of thiazole rings is 1. The first-order chi connectivity index (χ1) is 18.8. The van der Waals surface area contributed by atoms with Crippen molar-refractivity contribution in [2.45, 2.75) is 26.8 Å². The molecule has 0 saturated carbocycles. The quantitative estimate of drug-likeness (QED) is 0.335. The van der Waals surface area contributed by atoms with Crippen LogP contribution >= 0.6 is 27.3 Å². The first-order valence-electron chi connectivity index (χ1n) is 12.2. The van der Waals surface area contributed by atoms with Crippen LogP contribution in [-0.4, -0.2) is 45.1 Å². The molecule has 2 heterocycles. The van der Waals surface area contributed by atoms with Crippen LogP contribution in [0.25, 0.3) is 6.08 Å². The predicted octanol–water partition coefficient (Wildman–Crippen LogP) is 3.99. The molecule has 0 unspecified atom stereocenters. The average molecular weight is 618 g/mol. The number of hydrogen-bond acceptors (Lipinski definition) is 9. The van der Waals surface area contributed by atoms with Crippen molar-refractivity contribution >= 4 is 39.3 Å². The number of halogens is 1. The van der Waals surface area contributed by atoms with E-state index in [0.717, 1.165) is 0 Å². The van der Waals surface area contributed by atoms with Gasteiger partial charge in [-0.25, -0.2) is 9.79 Å². The van der Waals surface area contributed by atoms with Crippen molar-refractivity contribution in [3.05, 3.63) is 76.9 Å². The molecule has 206 valence electrons. The molecule has 11 heteroatoms. The van der Waals surface area contributed by atoms with Gasteiger partial charge >= 0.3 is 5.97 Å². The molecule has 0 saturated heterocycles. The summed E-state index contributed by atoms with van der Waals surface area (Å²) in [6.07, 6.45) is 1.74. The lowest BCUT2D eigenvalue weighted by Crippen LogP contribution is -2.40. The molecule has 0 radical (unpaired) electrons. The van der Waals surface area contributed by atoms with Crippen LogP contribution in [0.5, 0.6) is 23.0 Å². The summed E-state index contributed by atoms with van der Waals surface area (Å²) < 4.78 is 30.5. The Balaban J connectivity index is 2.03. The van der Waals surface area contributed by atoms with E-state index in [-0.39, 0.29) is 17.7 Å². The van der Waals surface area contributed by atoms with Gasteiger partial charge in [0.1, 0.15) is 17.5 Å². The smallest absolute Gasteiger partial charge is 0.338 e. The molecular weight excluding hydrogens is 588 g/mol. The van der Waals surface area contributed by atoms with Crippen LogP contribution in [0.4, 0.5) is 0 Å². The standard InChI is InChI=1S/C28H29BrN2O7S/c1-7-37-25-17(10-9-11-19(25)34-4)24-23(27(33)38-8-2)15(3)30-28-31(24)26(32)22(39-28)13-16-12-18(29)21(36-6)14-20(16)35-5/h9-14,24H,7-8H2,1-6H3/b22-13-/t24-/m0/s1. The number of allylic oxidation sites excluding steroid dienone is 1. The molecule has 0 amide bonds. The highest BCUT2D eigenvalue weighted by Crippen LogP contribution is 2.41. The van der Waals surface area contributed by atoms with E-state index in [1.807, 2.05) is 19.1 Å². The van der Waals surface area contributed by atoms with Gasteiger partial charge in [0.25, 0.3) is 5.56 Å². The molecule has 2 aromatic carbocycles. The number of carbonyl (C=O) groups is 1. The van der Waals surface area contributed by atoms with Gasteiger partial charge in [-0.1, -0.05) is 23.5 Å². The van der Waals surface area contributed by atoms with E-state index in [2.05, 4.69) is 20.9 Å². The van der Waals surface area contributed by atoms with E-state index in [0.29, 0.717) is 60.2 Å². The van der Waals surface area contributed by atoms with Gasteiger partial charge in [0.2, 0.25) is 0 Å². The first-order valence-corrected chi connectivity index (χ1v) is 13.8. The summed E-state index contributed by atoms with van der Waals surface area (Å²) in [5, 5.41) is 0. The summed E-state index contributed by atoms with van der Waals surface area (Å²) in [4.78, 5) is 32.4. The predicted molar refractivity (Wildman–Crippen MR) is 152 cm³/mol. The van der Waals surface area contributed by atoms with Crippen LogP contribution in [-0.2, 0) is 9.53 Å². The zero-order valence-electron chi connectivity index (χ0n) is 22.5. The zero-order valence-corrected chi connectivity index (χ0v) is 24.9. The Labute approximate surface area is 238 Å². The Hall–Kier alpha value is -3.57. The first kappa shape index (κ1) is 28.4. The summed E-state index contributed by atoms with van der Waals surface area (Å²) in [5.41, 5.74) is 1.66. The van der Waals surface area contributed by atoms with Crippen LogP contribution in [0.15, 0.2) is 55.9 Å². The number of aromatic nitrogens is 1. The van der Waals surface area contributed by atoms with E-state index in [1.54, 1.807) is 59.5 Å². The largest absolute Gasteiger partial charge is 0.496 e. The number of ether oxygens (including phenoxy) is 5. The van der Waals surface area contributed by atoms with E-state index < -0.39 is 12.0 Å². The third-order valence-electron chi connectivity index (χ3n) is 6.12. The monoisotopic (exact) mass is 616 g/mol. The minimum Gasteiger partial charge on any atom is -0.496 e. The van der Waals surface area contributed by atoms with Crippen molar-refractivity contribution in [1.82, 2.24) is 4.57 Å². The SMILES string of the molecule is CCOC(=O)C1=C(C)N=c2s/c(=C\c3cc(Br)c(OC)cc3OC)c(=O)n2[C@H]1c1cccc(OC)c1OCC. The number of carbonyl (C=O) groups excluding carboxylic acids is 1. The average Bonchev–Trinajstić information content (AvgIpc) is 3.22. The van der Waals surface area contributed by atoms with E-state index in [9.17, 15) is 9.59 Å². The fourth-order valence-corrected chi connectivity index (χ4v) is 5.99. The van der Waals surface area contributed by atoms with Crippen LogP contribution in [0, 0.1) is 0 Å². The number of hydrogen-bond donors (Lipinski definition) is 0. The molecule has 0 aliphatic carbocycles. The lowest BCUT2D eigenvalue weighted by Gasteiger charge is -2.26. The van der Waals surface area contributed by atoms with Gasteiger partial charge in [-0.3, -0.25) is 9.36 Å². The third kappa shape index (κ3) is 5.33. The van der Waals surface area contributed by atoms with Gasteiger partial charge in [0, 0.05) is 17.2 Å². The van der Waals surface area contributed by atoms with Crippen LogP contribution in [0.2, 0.25) is 0 Å². The van der Waals surface area contributed by atoms with Gasteiger partial charge in [-0.15, -0.1) is 0 Å². The van der Waals surface area contributed by atoms with Crippen molar-refractivity contribution in [3.8, 4) is 23.0 Å². The fourth-order valence-electron chi connectivity index (χ4n) is 4.43. The molecule has 1 aliphatic rings. The third-order valence-corrected chi connectivity index (χ3v) is 7.72. The van der Waals surface area contributed by atoms with E-state index in [4.69, 9.17) is 23.7 Å². The Kier molecular flexibility index (Phi) is 8.81. The number of fused-ring (bicyclic) bond motifs is 1. The van der Waals surface area contributed by atoms with E-state index >= 15 is 0 Å². The van der Waals surface area contributed by atoms with Crippen molar-refractivity contribution in [3.63, 3.8) is 0 Å². The highest BCUT2D eigenvalue weighted by atomic mass is 79.9. The molecular formula is C28H29BrN2O7S. The Bertz CT molecular complexity index is 1620. The number of methoxy groups -OCH3 is 3. The number of para-hydroxylation sites is 1. The van der Waals surface area contributed by atoms with Crippen LogP contribution < -0.4 is 33.8 Å². The summed E-state index contributed by atoms with van der Waals surface area (Å²) in [6.45, 7) is 5.86. The highest BCUT2D eigenvalue weighted by Gasteiger charge is 2.36. The molecule has 3 aromatic rings. The van der Waals surface area contributed by atoms with Gasteiger partial charge < -0.3 is 23.7 Å². The lowest BCUT2D eigenvalue weighted by atomic mass is 9.94. The Morgan fingerprint density at radius 2 is 1.79 bits per heavy atom. The molecule has 1 aliphatic heterocycles. The number of nitrogens with zero attached hydrogens (tertiary/aromatic N) is 2. The molecule has 1 aromatic heterocycles. The summed E-state index contributed by atoms with van der Waals surface area (Å²) in [6, 6.07) is 8.10. The second-order valence-electron chi connectivity index (χ2n) is 8.34. The molecule has 39 heavy (non-hydrogen) atoms. The molecule has 0 spiro atoms. The Morgan fingerprint density at radius 3 is 2.44 bits per heavy atom. The van der Waals surface area contributed by atoms with Crippen molar-refractivity contribution in [1.29, 1.82) is 0 Å². The van der Waals surface area contributed by atoms with Gasteiger partial charge in [-0.2, -0.15) is 0 Å². The maximum absolute atomic E-state index is 14.0. The number of rotatable bonds is 9. The highest BCUT2D eigenvalue weighted by molar-refractivity contribution is 9.10. The van der Waals surface area contributed by atoms with Crippen molar-refractivity contribution in [2.75, 3.05) is 34.5 Å². The molecule has 1 atom stereocenters. The minimum absolute atomic E-state index is 0.176. The Morgan fingerprint density at radius 1 is 1.08 bits per heavy atom. The summed E-state index contributed by atoms with van der Waals surface area (Å²) in [5.74, 6) is 1.51. The van der Waals surface area contributed by atoms with Gasteiger partial charge in [0.15, 0.2) is 16.3 Å². The van der Waals surface area contributed by atoms with Crippen LogP contribution in [0.1, 0.15) is 37.9 Å². The zero-order chi connectivity index (χ0) is 28.3. The fraction of sp³-hybridized carbons (Fsp3) is 0.321. The maximum Gasteiger partial charge on any atom is 0.338 e. The van der Waals surface area contributed by atoms with Crippen molar-refractivity contribution in [2.24, 2.45) is 4.99 Å². The second-order valence-corrected chi connectivity index (χ2v) is 10.2. The van der Waals surface area contributed by atoms with Crippen LogP contribution in [0.3, 0.4) is 0 Å².